The van der Waals surface area contributed by atoms with Gasteiger partial charge in [-0.25, -0.2) is 4.79 Å². The Morgan fingerprint density at radius 3 is 2.70 bits per heavy atom. The van der Waals surface area contributed by atoms with Crippen LogP contribution in [0.15, 0.2) is 51.7 Å². The summed E-state index contributed by atoms with van der Waals surface area (Å²) in [6, 6.07) is 12.5. The molecule has 0 N–H and O–H groups in total. The first-order valence-electron chi connectivity index (χ1n) is 8.49. The second-order valence-corrected chi connectivity index (χ2v) is 6.51. The molecule has 0 atom stereocenters. The predicted molar refractivity (Wildman–Crippen MR) is 103 cm³/mol. The zero-order chi connectivity index (χ0) is 19.4. The third-order valence-corrected chi connectivity index (χ3v) is 4.79. The van der Waals surface area contributed by atoms with Gasteiger partial charge in [-0.2, -0.15) is 0 Å². The molecule has 0 aliphatic heterocycles. The number of rotatable bonds is 6. The van der Waals surface area contributed by atoms with Crippen molar-refractivity contribution >= 4 is 28.5 Å². The highest BCUT2D eigenvalue weighted by Crippen LogP contribution is 2.24. The lowest BCUT2D eigenvalue weighted by molar-refractivity contribution is -0.144. The summed E-state index contributed by atoms with van der Waals surface area (Å²) < 4.78 is 15.8. The third kappa shape index (κ3) is 4.31. The largest absolute Gasteiger partial charge is 0.497 e. The minimum Gasteiger partial charge on any atom is -0.497 e. The lowest BCUT2D eigenvalue weighted by Gasteiger charge is -2.09. The van der Waals surface area contributed by atoms with Crippen LogP contribution in [0.2, 0.25) is 5.02 Å². The summed E-state index contributed by atoms with van der Waals surface area (Å²) >= 11 is 6.05. The van der Waals surface area contributed by atoms with Crippen molar-refractivity contribution in [3.8, 4) is 5.75 Å². The van der Waals surface area contributed by atoms with Gasteiger partial charge in [-0.15, -0.1) is 0 Å². The molecular formula is C21H19ClO5. The molecule has 0 amide bonds. The molecule has 0 bridgehead atoms. The SMILES string of the molecule is COc1ccc2c(C)c(CCC(=O)OCc3ccccc3Cl)c(=O)oc2c1. The number of hydrogen-bond acceptors (Lipinski definition) is 5. The average Bonchev–Trinajstić information content (AvgIpc) is 2.66. The predicted octanol–water partition coefficient (Wildman–Crippen LogP) is 4.44. The number of methoxy groups -OCH3 is 1. The van der Waals surface area contributed by atoms with Gasteiger partial charge in [0, 0.05) is 34.0 Å². The van der Waals surface area contributed by atoms with Crippen LogP contribution in [0, 0.1) is 6.92 Å². The molecular weight excluding hydrogens is 368 g/mol. The maximum Gasteiger partial charge on any atom is 0.339 e. The first-order valence-corrected chi connectivity index (χ1v) is 8.86. The second-order valence-electron chi connectivity index (χ2n) is 6.11. The Balaban J connectivity index is 1.70. The van der Waals surface area contributed by atoms with Crippen molar-refractivity contribution in [1.29, 1.82) is 0 Å². The smallest absolute Gasteiger partial charge is 0.339 e. The minimum absolute atomic E-state index is 0.0811. The number of benzene rings is 2. The van der Waals surface area contributed by atoms with E-state index in [2.05, 4.69) is 0 Å². The Kier molecular flexibility index (Phi) is 5.81. The number of aryl methyl sites for hydroxylation is 1. The highest BCUT2D eigenvalue weighted by molar-refractivity contribution is 6.31. The third-order valence-electron chi connectivity index (χ3n) is 4.42. The highest BCUT2D eigenvalue weighted by atomic mass is 35.5. The van der Waals surface area contributed by atoms with E-state index in [0.29, 0.717) is 21.9 Å². The molecule has 0 fully saturated rings. The van der Waals surface area contributed by atoms with E-state index in [4.69, 9.17) is 25.5 Å². The van der Waals surface area contributed by atoms with Crippen LogP contribution in [-0.4, -0.2) is 13.1 Å². The fourth-order valence-electron chi connectivity index (χ4n) is 2.86. The minimum atomic E-state index is -0.452. The molecule has 0 radical (unpaired) electrons. The van der Waals surface area contributed by atoms with Crippen molar-refractivity contribution in [2.24, 2.45) is 0 Å². The molecule has 5 nitrogen and oxygen atoms in total. The molecule has 1 heterocycles. The van der Waals surface area contributed by atoms with E-state index in [9.17, 15) is 9.59 Å². The molecule has 0 aliphatic carbocycles. The number of carbonyl (C=O) groups excluding carboxylic acids is 1. The Morgan fingerprint density at radius 2 is 1.96 bits per heavy atom. The summed E-state index contributed by atoms with van der Waals surface area (Å²) in [6.45, 7) is 1.94. The molecule has 2 aromatic carbocycles. The van der Waals surface area contributed by atoms with Crippen LogP contribution in [0.25, 0.3) is 11.0 Å². The van der Waals surface area contributed by atoms with E-state index >= 15 is 0 Å². The van der Waals surface area contributed by atoms with Crippen LogP contribution in [0.5, 0.6) is 5.75 Å². The number of carbonyl (C=O) groups is 1. The molecule has 3 rings (SSSR count). The van der Waals surface area contributed by atoms with Crippen molar-refractivity contribution in [3.63, 3.8) is 0 Å². The van der Waals surface area contributed by atoms with Crippen LogP contribution < -0.4 is 10.4 Å². The van der Waals surface area contributed by atoms with Crippen LogP contribution in [-0.2, 0) is 22.6 Å². The Hall–Kier alpha value is -2.79. The maximum absolute atomic E-state index is 12.3. The molecule has 1 aromatic heterocycles. The van der Waals surface area contributed by atoms with Crippen LogP contribution >= 0.6 is 11.6 Å². The van der Waals surface area contributed by atoms with Crippen molar-refractivity contribution < 1.29 is 18.7 Å². The van der Waals surface area contributed by atoms with E-state index in [1.165, 1.54) is 0 Å². The van der Waals surface area contributed by atoms with Crippen molar-refractivity contribution in [1.82, 2.24) is 0 Å². The number of fused-ring (bicyclic) bond motifs is 1. The summed E-state index contributed by atoms with van der Waals surface area (Å²) in [5.41, 5.74) is 2.02. The average molecular weight is 387 g/mol. The standard InChI is InChI=1S/C21H19ClO5/c1-13-16-8-7-15(25-2)11-19(16)27-21(24)17(13)9-10-20(23)26-12-14-5-3-4-6-18(14)22/h3-8,11H,9-10,12H2,1-2H3. The summed E-state index contributed by atoms with van der Waals surface area (Å²) in [7, 11) is 1.55. The molecule has 3 aromatic rings. The van der Waals surface area contributed by atoms with Crippen molar-refractivity contribution in [3.05, 3.63) is 74.6 Å². The molecule has 0 unspecified atom stereocenters. The van der Waals surface area contributed by atoms with Crippen LogP contribution in [0.4, 0.5) is 0 Å². The Morgan fingerprint density at radius 1 is 1.19 bits per heavy atom. The van der Waals surface area contributed by atoms with E-state index in [0.717, 1.165) is 16.5 Å². The topological polar surface area (TPSA) is 65.7 Å². The number of ether oxygens (including phenoxy) is 2. The number of esters is 1. The van der Waals surface area contributed by atoms with Crippen molar-refractivity contribution in [2.75, 3.05) is 7.11 Å². The van der Waals surface area contributed by atoms with E-state index in [1.807, 2.05) is 25.1 Å². The fourth-order valence-corrected chi connectivity index (χ4v) is 3.05. The van der Waals surface area contributed by atoms with Gasteiger partial charge in [0.05, 0.1) is 7.11 Å². The summed E-state index contributed by atoms with van der Waals surface area (Å²) in [6.07, 6.45) is 0.329. The van der Waals surface area contributed by atoms with Gasteiger partial charge >= 0.3 is 11.6 Å². The lowest BCUT2D eigenvalue weighted by atomic mass is 10.0. The zero-order valence-electron chi connectivity index (χ0n) is 15.1. The van der Waals surface area contributed by atoms with Crippen LogP contribution in [0.3, 0.4) is 0 Å². The van der Waals surface area contributed by atoms with Gasteiger partial charge in [0.25, 0.3) is 0 Å². The molecule has 0 saturated heterocycles. The Labute approximate surface area is 161 Å². The first kappa shape index (κ1) is 19.0. The fraction of sp³-hybridized carbons (Fsp3) is 0.238. The lowest BCUT2D eigenvalue weighted by Crippen LogP contribution is -2.14. The van der Waals surface area contributed by atoms with Gasteiger partial charge in [-0.3, -0.25) is 4.79 Å². The molecule has 6 heteroatoms. The molecule has 27 heavy (non-hydrogen) atoms. The molecule has 0 saturated carbocycles. The molecule has 140 valence electrons. The summed E-state index contributed by atoms with van der Waals surface area (Å²) in [4.78, 5) is 24.4. The van der Waals surface area contributed by atoms with E-state index in [-0.39, 0.29) is 19.4 Å². The molecule has 0 aliphatic rings. The molecule has 0 spiro atoms. The maximum atomic E-state index is 12.3. The van der Waals surface area contributed by atoms with Crippen LogP contribution in [0.1, 0.15) is 23.1 Å². The monoisotopic (exact) mass is 386 g/mol. The number of halogens is 1. The van der Waals surface area contributed by atoms with Gasteiger partial charge in [0.2, 0.25) is 0 Å². The second kappa shape index (κ2) is 8.27. The van der Waals surface area contributed by atoms with Gasteiger partial charge < -0.3 is 13.9 Å². The summed E-state index contributed by atoms with van der Waals surface area (Å²) in [5, 5.41) is 1.36. The quantitative estimate of drug-likeness (QED) is 0.463. The highest BCUT2D eigenvalue weighted by Gasteiger charge is 2.14. The zero-order valence-corrected chi connectivity index (χ0v) is 15.8. The van der Waals surface area contributed by atoms with Gasteiger partial charge in [0.15, 0.2) is 0 Å². The normalized spacial score (nSPS) is 10.8. The van der Waals surface area contributed by atoms with Gasteiger partial charge in [-0.1, -0.05) is 29.8 Å². The number of hydrogen-bond donors (Lipinski definition) is 0. The van der Waals surface area contributed by atoms with Crippen molar-refractivity contribution in [2.45, 2.75) is 26.4 Å². The summed E-state index contributed by atoms with van der Waals surface area (Å²) in [5.74, 6) is 0.212. The Bertz CT molecular complexity index is 1040. The van der Waals surface area contributed by atoms with Gasteiger partial charge in [-0.05, 0) is 37.1 Å². The van der Waals surface area contributed by atoms with Gasteiger partial charge in [0.1, 0.15) is 17.9 Å². The van der Waals surface area contributed by atoms with E-state index in [1.54, 1.807) is 31.4 Å². The van der Waals surface area contributed by atoms with E-state index < -0.39 is 11.6 Å². The first-order chi connectivity index (χ1) is 13.0.